The molecule has 0 aromatic rings. The Kier molecular flexibility index (Phi) is 3.18. The molecule has 0 aliphatic carbocycles. The van der Waals surface area contributed by atoms with Crippen LogP contribution in [0.2, 0.25) is 0 Å². The molecule has 16 heavy (non-hydrogen) atoms. The molecule has 0 amide bonds. The number of ether oxygens (including phenoxy) is 1. The van der Waals surface area contributed by atoms with Gasteiger partial charge < -0.3 is 4.74 Å². The summed E-state index contributed by atoms with van der Waals surface area (Å²) < 4.78 is 6.45. The van der Waals surface area contributed by atoms with Gasteiger partial charge in [-0.05, 0) is 0 Å². The first kappa shape index (κ1) is 13.8. The smallest absolute Gasteiger partial charge is 0.265 e. The lowest BCUT2D eigenvalue weighted by atomic mass is 9.66. The molecule has 3 atom stereocenters. The van der Waals surface area contributed by atoms with Crippen molar-refractivity contribution in [2.45, 2.75) is 35.7 Å². The van der Waals surface area contributed by atoms with E-state index in [1.54, 1.807) is 0 Å². The van der Waals surface area contributed by atoms with Crippen LogP contribution in [0.4, 0.5) is 0 Å². The maximum atomic E-state index is 5.84. The summed E-state index contributed by atoms with van der Waals surface area (Å²) in [5, 5.41) is 0. The van der Waals surface area contributed by atoms with E-state index in [1.807, 2.05) is 7.11 Å². The third-order valence-corrected chi connectivity index (χ3v) is 7.16. The molecule has 0 spiro atoms. The van der Waals surface area contributed by atoms with Crippen LogP contribution in [0.25, 0.3) is 0 Å². The van der Waals surface area contributed by atoms with E-state index in [0.29, 0.717) is 5.41 Å². The number of fused-ring (bicyclic) bond motifs is 2. The highest BCUT2D eigenvalue weighted by Gasteiger charge is 2.74. The fourth-order valence-corrected chi connectivity index (χ4v) is 5.18. The molecule has 3 unspecified atom stereocenters. The zero-order valence-electron chi connectivity index (χ0n) is 10.2. The van der Waals surface area contributed by atoms with E-state index in [0.717, 1.165) is 17.6 Å². The lowest BCUT2D eigenvalue weighted by Gasteiger charge is -2.48. The summed E-state index contributed by atoms with van der Waals surface area (Å²) in [6.45, 7) is 9.34. The second-order valence-corrected chi connectivity index (χ2v) is 12.6. The molecule has 2 bridgehead atoms. The maximum Gasteiger partial charge on any atom is 0.265 e. The summed E-state index contributed by atoms with van der Waals surface area (Å²) in [6, 6.07) is 0. The van der Waals surface area contributed by atoms with Gasteiger partial charge in [-0.15, -0.1) is 0 Å². The quantitative estimate of drug-likeness (QED) is 0.353. The second-order valence-electron chi connectivity index (χ2n) is 6.00. The fourth-order valence-electron chi connectivity index (χ4n) is 3.71. The average Bonchev–Trinajstić information content (AvgIpc) is 2.52. The Morgan fingerprint density at radius 3 is 2.19 bits per heavy atom. The first-order valence-corrected chi connectivity index (χ1v) is 7.95. The van der Waals surface area contributed by atoms with Crippen LogP contribution in [-0.4, -0.2) is 33.2 Å². The van der Waals surface area contributed by atoms with Gasteiger partial charge in [-0.1, -0.05) is 20.8 Å². The SMILES string of the molecule is COC1C(C)(C)C2(C)CC[N+]1(C(Br)(Br)Br)C2. The molecule has 2 aliphatic rings. The van der Waals surface area contributed by atoms with Crippen molar-refractivity contribution in [3.8, 4) is 0 Å². The van der Waals surface area contributed by atoms with Crippen molar-refractivity contribution in [2.24, 2.45) is 10.8 Å². The third kappa shape index (κ3) is 1.47. The number of halogens is 3. The van der Waals surface area contributed by atoms with Crippen LogP contribution >= 0.6 is 47.8 Å². The van der Waals surface area contributed by atoms with Crippen molar-refractivity contribution >= 4 is 47.8 Å². The highest BCUT2D eigenvalue weighted by molar-refractivity contribution is 9.39. The van der Waals surface area contributed by atoms with Crippen LogP contribution in [-0.2, 0) is 4.74 Å². The molecule has 94 valence electrons. The van der Waals surface area contributed by atoms with Crippen molar-refractivity contribution in [3.05, 3.63) is 0 Å². The van der Waals surface area contributed by atoms with Gasteiger partial charge in [0.25, 0.3) is 2.27 Å². The Balaban J connectivity index is 2.51. The van der Waals surface area contributed by atoms with Crippen molar-refractivity contribution in [1.29, 1.82) is 0 Å². The largest absolute Gasteiger partial charge is 0.332 e. The highest BCUT2D eigenvalue weighted by atomic mass is 80.0. The number of rotatable bonds is 1. The molecule has 5 heteroatoms. The molecule has 2 aliphatic heterocycles. The molecule has 0 aromatic heterocycles. The minimum atomic E-state index is -0.279. The standard InChI is InChI=1S/C11H19Br3NO/c1-9(2)8(16-4)15(11(12,13)14)6-5-10(9,3)7-15/h8H,5-7H2,1-4H3/q+1. The first-order chi connectivity index (χ1) is 7.11. The van der Waals surface area contributed by atoms with Gasteiger partial charge in [0, 0.05) is 66.7 Å². The summed E-state index contributed by atoms with van der Waals surface area (Å²) in [5.41, 5.74) is 0.550. The Labute approximate surface area is 123 Å². The molecule has 2 saturated heterocycles. The van der Waals surface area contributed by atoms with Crippen LogP contribution in [0, 0.1) is 10.8 Å². The topological polar surface area (TPSA) is 9.23 Å². The Morgan fingerprint density at radius 2 is 1.81 bits per heavy atom. The van der Waals surface area contributed by atoms with Crippen LogP contribution in [0.5, 0.6) is 0 Å². The van der Waals surface area contributed by atoms with Gasteiger partial charge in [0.1, 0.15) is 0 Å². The van der Waals surface area contributed by atoms with Crippen molar-refractivity contribution in [3.63, 3.8) is 0 Å². The van der Waals surface area contributed by atoms with Crippen molar-refractivity contribution < 1.29 is 9.22 Å². The van der Waals surface area contributed by atoms with E-state index >= 15 is 0 Å². The zero-order valence-corrected chi connectivity index (χ0v) is 14.9. The summed E-state index contributed by atoms with van der Waals surface area (Å²) >= 11 is 11.2. The van der Waals surface area contributed by atoms with Gasteiger partial charge in [0.05, 0.1) is 18.5 Å². The van der Waals surface area contributed by atoms with Crippen LogP contribution in [0.3, 0.4) is 0 Å². The lowest BCUT2D eigenvalue weighted by Crippen LogP contribution is -2.62. The third-order valence-electron chi connectivity index (χ3n) is 5.04. The van der Waals surface area contributed by atoms with E-state index in [1.165, 1.54) is 6.42 Å². The van der Waals surface area contributed by atoms with Crippen LogP contribution in [0.15, 0.2) is 0 Å². The molecular weight excluding hydrogens is 402 g/mol. The summed E-state index contributed by atoms with van der Waals surface area (Å²) in [6.07, 6.45) is 1.47. The van der Waals surface area contributed by atoms with Crippen molar-refractivity contribution in [2.75, 3.05) is 20.2 Å². The summed E-state index contributed by atoms with van der Waals surface area (Å²) in [4.78, 5) is 0. The predicted molar refractivity (Wildman–Crippen MR) is 76.8 cm³/mol. The number of hydrogen-bond acceptors (Lipinski definition) is 1. The minimum absolute atomic E-state index is 0.195. The zero-order chi connectivity index (χ0) is 12.4. The fraction of sp³-hybridized carbons (Fsp3) is 1.00. The summed E-state index contributed by atoms with van der Waals surface area (Å²) in [7, 11) is 1.83. The van der Waals surface area contributed by atoms with Crippen LogP contribution in [0.1, 0.15) is 27.2 Å². The Morgan fingerprint density at radius 1 is 1.25 bits per heavy atom. The van der Waals surface area contributed by atoms with Crippen LogP contribution < -0.4 is 0 Å². The maximum absolute atomic E-state index is 5.84. The van der Waals surface area contributed by atoms with E-state index in [-0.39, 0.29) is 13.9 Å². The van der Waals surface area contributed by atoms with Gasteiger partial charge in [-0.2, -0.15) is 0 Å². The molecule has 2 nitrogen and oxygen atoms in total. The Bertz CT molecular complexity index is 315. The molecule has 2 heterocycles. The summed E-state index contributed by atoms with van der Waals surface area (Å²) in [5.74, 6) is 0. The lowest BCUT2D eigenvalue weighted by molar-refractivity contribution is -0.958. The number of methoxy groups -OCH3 is 1. The number of quaternary nitrogens is 1. The molecule has 0 saturated carbocycles. The molecular formula is C11H19Br3NO+. The highest BCUT2D eigenvalue weighted by Crippen LogP contribution is 2.66. The van der Waals surface area contributed by atoms with E-state index in [9.17, 15) is 0 Å². The van der Waals surface area contributed by atoms with Gasteiger partial charge in [-0.3, -0.25) is 4.48 Å². The number of nitrogens with zero attached hydrogens (tertiary/aromatic N) is 1. The number of hydrogen-bond donors (Lipinski definition) is 0. The average molecular weight is 421 g/mol. The number of alkyl halides is 3. The second kappa shape index (κ2) is 3.69. The van der Waals surface area contributed by atoms with E-state index in [4.69, 9.17) is 4.74 Å². The molecule has 2 rings (SSSR count). The molecule has 0 N–H and O–H groups in total. The van der Waals surface area contributed by atoms with Gasteiger partial charge >= 0.3 is 0 Å². The molecule has 0 radical (unpaired) electrons. The van der Waals surface area contributed by atoms with E-state index in [2.05, 4.69) is 68.6 Å². The normalized spacial score (nSPS) is 46.3. The monoisotopic (exact) mass is 418 g/mol. The molecule has 2 fully saturated rings. The van der Waals surface area contributed by atoms with Gasteiger partial charge in [0.2, 0.25) is 6.23 Å². The van der Waals surface area contributed by atoms with E-state index < -0.39 is 0 Å². The first-order valence-electron chi connectivity index (χ1n) is 5.57. The van der Waals surface area contributed by atoms with Crippen molar-refractivity contribution in [1.82, 2.24) is 0 Å². The number of piperidine rings is 1. The molecule has 0 aromatic carbocycles. The van der Waals surface area contributed by atoms with Gasteiger partial charge in [0.15, 0.2) is 0 Å². The Hall–Kier alpha value is 1.36. The predicted octanol–water partition coefficient (Wildman–Crippen LogP) is 4.02. The van der Waals surface area contributed by atoms with Gasteiger partial charge in [-0.25, -0.2) is 0 Å². The minimum Gasteiger partial charge on any atom is -0.332 e.